The van der Waals surface area contributed by atoms with Gasteiger partial charge in [-0.1, -0.05) is 18.2 Å². The molecule has 2 aromatic rings. The highest BCUT2D eigenvalue weighted by Crippen LogP contribution is 2.16. The van der Waals surface area contributed by atoms with E-state index in [4.69, 9.17) is 5.73 Å². The van der Waals surface area contributed by atoms with Gasteiger partial charge >= 0.3 is 6.03 Å². The molecule has 0 saturated carbocycles. The second kappa shape index (κ2) is 6.47. The Morgan fingerprint density at radius 1 is 1.05 bits per heavy atom. The van der Waals surface area contributed by atoms with Crippen LogP contribution in [0.5, 0.6) is 0 Å². The van der Waals surface area contributed by atoms with Crippen molar-refractivity contribution in [1.82, 2.24) is 5.32 Å². The summed E-state index contributed by atoms with van der Waals surface area (Å²) in [6, 6.07) is 15.0. The van der Waals surface area contributed by atoms with Crippen LogP contribution in [0, 0.1) is 0 Å². The van der Waals surface area contributed by atoms with Crippen molar-refractivity contribution in [2.24, 2.45) is 0 Å². The Kier molecular flexibility index (Phi) is 4.44. The maximum Gasteiger partial charge on any atom is 0.318 e. The number of anilines is 3. The molecule has 0 aromatic heterocycles. The Balaban J connectivity index is 1.94. The number of amides is 2. The Morgan fingerprint density at radius 2 is 1.70 bits per heavy atom. The molecule has 0 unspecified atom stereocenters. The first-order valence-electron chi connectivity index (χ1n) is 6.35. The lowest BCUT2D eigenvalue weighted by molar-refractivity contribution is 0.254. The highest BCUT2D eigenvalue weighted by molar-refractivity contribution is 5.89. The van der Waals surface area contributed by atoms with E-state index in [1.165, 1.54) is 0 Å². The average Bonchev–Trinajstić information content (AvgIpc) is 2.48. The fourth-order valence-electron chi connectivity index (χ4n) is 1.76. The first-order valence-corrected chi connectivity index (χ1v) is 6.35. The molecule has 0 fully saturated rings. The second-order valence-electron chi connectivity index (χ2n) is 4.33. The molecular weight excluding hydrogens is 252 g/mol. The van der Waals surface area contributed by atoms with Crippen LogP contribution in [0.15, 0.2) is 48.5 Å². The summed E-state index contributed by atoms with van der Waals surface area (Å²) in [5.41, 5.74) is 9.43. The number of para-hydroxylation sites is 1. The minimum absolute atomic E-state index is 0.234. The van der Waals surface area contributed by atoms with Crippen LogP contribution in [0.4, 0.5) is 21.9 Å². The van der Waals surface area contributed by atoms with Crippen molar-refractivity contribution in [2.75, 3.05) is 23.4 Å². The number of nitrogens with one attached hydrogen (secondary N) is 3. The molecule has 2 rings (SSSR count). The number of rotatable bonds is 4. The molecule has 5 heteroatoms. The van der Waals surface area contributed by atoms with Crippen molar-refractivity contribution >= 4 is 23.1 Å². The Hall–Kier alpha value is -2.69. The molecular formula is C15H18N4O. The van der Waals surface area contributed by atoms with Gasteiger partial charge in [0.15, 0.2) is 0 Å². The fourth-order valence-corrected chi connectivity index (χ4v) is 1.76. The molecule has 104 valence electrons. The standard InChI is InChI=1S/C15H18N4O/c1-17-15(20)19-13-8-6-12(7-9-13)18-10-11-4-2-3-5-14(11)16/h2-9,18H,10,16H2,1H3,(H2,17,19,20). The predicted octanol–water partition coefficient (Wildman–Crippen LogP) is 2.63. The Morgan fingerprint density at radius 3 is 2.35 bits per heavy atom. The van der Waals surface area contributed by atoms with Crippen molar-refractivity contribution in [3.63, 3.8) is 0 Å². The maximum atomic E-state index is 11.2. The first kappa shape index (κ1) is 13.7. The third kappa shape index (κ3) is 3.65. The van der Waals surface area contributed by atoms with E-state index in [2.05, 4.69) is 16.0 Å². The number of nitrogen functional groups attached to an aromatic ring is 1. The molecule has 0 heterocycles. The van der Waals surface area contributed by atoms with Gasteiger partial charge in [0.1, 0.15) is 0 Å². The molecule has 0 atom stereocenters. The molecule has 0 bridgehead atoms. The van der Waals surface area contributed by atoms with Crippen LogP contribution < -0.4 is 21.7 Å². The smallest absolute Gasteiger partial charge is 0.318 e. The SMILES string of the molecule is CNC(=O)Nc1ccc(NCc2ccccc2N)cc1. The van der Waals surface area contributed by atoms with Gasteiger partial charge in [-0.05, 0) is 35.9 Å². The lowest BCUT2D eigenvalue weighted by Gasteiger charge is -2.10. The fraction of sp³-hybridized carbons (Fsp3) is 0.133. The number of benzene rings is 2. The van der Waals surface area contributed by atoms with Gasteiger partial charge in [-0.2, -0.15) is 0 Å². The molecule has 0 saturated heterocycles. The minimum Gasteiger partial charge on any atom is -0.398 e. The van der Waals surface area contributed by atoms with Crippen LogP contribution in [-0.2, 0) is 6.54 Å². The average molecular weight is 270 g/mol. The minimum atomic E-state index is -0.234. The largest absolute Gasteiger partial charge is 0.398 e. The monoisotopic (exact) mass is 270 g/mol. The van der Waals surface area contributed by atoms with Crippen molar-refractivity contribution in [3.05, 3.63) is 54.1 Å². The molecule has 5 nitrogen and oxygen atoms in total. The zero-order valence-electron chi connectivity index (χ0n) is 11.3. The van der Waals surface area contributed by atoms with Crippen molar-refractivity contribution < 1.29 is 4.79 Å². The molecule has 20 heavy (non-hydrogen) atoms. The van der Waals surface area contributed by atoms with Gasteiger partial charge in [0, 0.05) is 30.7 Å². The van der Waals surface area contributed by atoms with E-state index in [9.17, 15) is 4.79 Å². The molecule has 2 aromatic carbocycles. The van der Waals surface area contributed by atoms with Gasteiger partial charge in [-0.3, -0.25) is 0 Å². The van der Waals surface area contributed by atoms with Crippen LogP contribution in [0.3, 0.4) is 0 Å². The molecule has 0 aliphatic carbocycles. The topological polar surface area (TPSA) is 79.2 Å². The van der Waals surface area contributed by atoms with Gasteiger partial charge in [0.2, 0.25) is 0 Å². The summed E-state index contributed by atoms with van der Waals surface area (Å²) in [7, 11) is 1.58. The number of nitrogens with two attached hydrogens (primary N) is 1. The Labute approximate surface area is 118 Å². The van der Waals surface area contributed by atoms with Crippen molar-refractivity contribution in [2.45, 2.75) is 6.54 Å². The summed E-state index contributed by atoms with van der Waals surface area (Å²) < 4.78 is 0. The summed E-state index contributed by atoms with van der Waals surface area (Å²) >= 11 is 0. The maximum absolute atomic E-state index is 11.2. The van der Waals surface area contributed by atoms with E-state index in [0.717, 1.165) is 22.6 Å². The van der Waals surface area contributed by atoms with E-state index in [1.807, 2.05) is 48.5 Å². The summed E-state index contributed by atoms with van der Waals surface area (Å²) in [5.74, 6) is 0. The van der Waals surface area contributed by atoms with E-state index < -0.39 is 0 Å². The summed E-state index contributed by atoms with van der Waals surface area (Å²) in [6.07, 6.45) is 0. The first-order chi connectivity index (χ1) is 9.69. The van der Waals surface area contributed by atoms with Gasteiger partial charge in [0.25, 0.3) is 0 Å². The quantitative estimate of drug-likeness (QED) is 0.645. The number of hydrogen-bond acceptors (Lipinski definition) is 3. The van der Waals surface area contributed by atoms with Crippen LogP contribution >= 0.6 is 0 Å². The van der Waals surface area contributed by atoms with Crippen LogP contribution in [-0.4, -0.2) is 13.1 Å². The summed E-state index contributed by atoms with van der Waals surface area (Å²) in [4.78, 5) is 11.2. The third-order valence-electron chi connectivity index (χ3n) is 2.91. The molecule has 0 radical (unpaired) electrons. The van der Waals surface area contributed by atoms with Crippen LogP contribution in [0.1, 0.15) is 5.56 Å². The van der Waals surface area contributed by atoms with E-state index in [1.54, 1.807) is 7.05 Å². The highest BCUT2D eigenvalue weighted by Gasteiger charge is 2.00. The number of carbonyl (C=O) groups excluding carboxylic acids is 1. The zero-order valence-corrected chi connectivity index (χ0v) is 11.3. The van der Waals surface area contributed by atoms with E-state index in [0.29, 0.717) is 6.54 Å². The second-order valence-corrected chi connectivity index (χ2v) is 4.33. The third-order valence-corrected chi connectivity index (χ3v) is 2.91. The van der Waals surface area contributed by atoms with Gasteiger partial charge in [0.05, 0.1) is 0 Å². The molecule has 0 aliphatic rings. The zero-order chi connectivity index (χ0) is 14.4. The van der Waals surface area contributed by atoms with Crippen molar-refractivity contribution in [1.29, 1.82) is 0 Å². The number of hydrogen-bond donors (Lipinski definition) is 4. The van der Waals surface area contributed by atoms with Gasteiger partial charge in [-0.15, -0.1) is 0 Å². The van der Waals surface area contributed by atoms with Gasteiger partial charge < -0.3 is 21.7 Å². The Bertz CT molecular complexity index is 581. The van der Waals surface area contributed by atoms with Crippen LogP contribution in [0.2, 0.25) is 0 Å². The molecule has 0 spiro atoms. The lowest BCUT2D eigenvalue weighted by Crippen LogP contribution is -2.24. The van der Waals surface area contributed by atoms with Crippen molar-refractivity contribution in [3.8, 4) is 0 Å². The highest BCUT2D eigenvalue weighted by atomic mass is 16.2. The number of urea groups is 1. The normalized spacial score (nSPS) is 9.85. The molecule has 2 amide bonds. The lowest BCUT2D eigenvalue weighted by atomic mass is 10.2. The summed E-state index contributed by atoms with van der Waals surface area (Å²) in [5, 5.41) is 8.49. The van der Waals surface area contributed by atoms with E-state index in [-0.39, 0.29) is 6.03 Å². The van der Waals surface area contributed by atoms with Crippen LogP contribution in [0.25, 0.3) is 0 Å². The number of carbonyl (C=O) groups is 1. The predicted molar refractivity (Wildman–Crippen MR) is 82.7 cm³/mol. The van der Waals surface area contributed by atoms with E-state index >= 15 is 0 Å². The van der Waals surface area contributed by atoms with Gasteiger partial charge in [-0.25, -0.2) is 4.79 Å². The molecule has 5 N–H and O–H groups in total. The summed E-state index contributed by atoms with van der Waals surface area (Å²) in [6.45, 7) is 0.662. The molecule has 0 aliphatic heterocycles.